The van der Waals surface area contributed by atoms with Crippen LogP contribution < -0.4 is 15.0 Å². The smallest absolute Gasteiger partial charge is 0.339 e. The fraction of sp³-hybridized carbons (Fsp3) is 0.278. The molecule has 7 nitrogen and oxygen atoms in total. The topological polar surface area (TPSA) is 79.7 Å². The summed E-state index contributed by atoms with van der Waals surface area (Å²) in [6, 6.07) is 7.18. The number of esters is 1. The van der Waals surface area contributed by atoms with Crippen molar-refractivity contribution in [2.75, 3.05) is 20.3 Å². The molecule has 2 heterocycles. The third-order valence-corrected chi connectivity index (χ3v) is 4.60. The van der Waals surface area contributed by atoms with Crippen LogP contribution >= 0.6 is 11.3 Å². The largest absolute Gasteiger partial charge is 0.497 e. The summed E-state index contributed by atoms with van der Waals surface area (Å²) in [5.74, 6) is 0.910. The first-order valence-corrected chi connectivity index (χ1v) is 8.92. The van der Waals surface area contributed by atoms with Crippen LogP contribution in [0.4, 0.5) is 0 Å². The lowest BCUT2D eigenvalue weighted by Gasteiger charge is -2.09. The van der Waals surface area contributed by atoms with Crippen LogP contribution in [0.25, 0.3) is 10.2 Å². The van der Waals surface area contributed by atoms with Gasteiger partial charge in [-0.1, -0.05) is 0 Å². The van der Waals surface area contributed by atoms with E-state index in [-0.39, 0.29) is 24.3 Å². The summed E-state index contributed by atoms with van der Waals surface area (Å²) in [7, 11) is 1.60. The molecule has 0 spiro atoms. The van der Waals surface area contributed by atoms with E-state index >= 15 is 0 Å². The van der Waals surface area contributed by atoms with Crippen LogP contribution in [-0.4, -0.2) is 35.8 Å². The number of fused-ring (bicyclic) bond motifs is 1. The van der Waals surface area contributed by atoms with Gasteiger partial charge in [-0.2, -0.15) is 0 Å². The van der Waals surface area contributed by atoms with Crippen LogP contribution in [0.2, 0.25) is 0 Å². The molecular formula is C18H18N2O5S. The maximum absolute atomic E-state index is 12.7. The third-order valence-electron chi connectivity index (χ3n) is 3.72. The first-order valence-electron chi connectivity index (χ1n) is 8.04. The average molecular weight is 374 g/mol. The van der Waals surface area contributed by atoms with Gasteiger partial charge in [-0.25, -0.2) is 9.78 Å². The molecule has 0 aliphatic heterocycles. The summed E-state index contributed by atoms with van der Waals surface area (Å²) < 4.78 is 17.2. The number of rotatable bonds is 7. The normalized spacial score (nSPS) is 10.7. The lowest BCUT2D eigenvalue weighted by Crippen LogP contribution is -2.24. The van der Waals surface area contributed by atoms with E-state index in [2.05, 4.69) is 4.98 Å². The Kier molecular flexibility index (Phi) is 5.52. The Bertz CT molecular complexity index is 962. The number of hydrogen-bond donors (Lipinski definition) is 0. The molecule has 0 fully saturated rings. The lowest BCUT2D eigenvalue weighted by molar-refractivity contribution is 0.0529. The summed E-state index contributed by atoms with van der Waals surface area (Å²) >= 11 is 1.25. The average Bonchev–Trinajstić information content (AvgIpc) is 3.09. The highest BCUT2D eigenvalue weighted by Gasteiger charge is 2.18. The second kappa shape index (κ2) is 8.01. The molecule has 0 saturated carbocycles. The SMILES string of the molecule is CCOC(=O)c1csc2ncn(CCOc3ccc(OC)cc3)c(=O)c12. The number of thiophene rings is 1. The molecule has 8 heteroatoms. The maximum atomic E-state index is 12.7. The lowest BCUT2D eigenvalue weighted by atomic mass is 10.2. The van der Waals surface area contributed by atoms with Crippen molar-refractivity contribution in [3.8, 4) is 11.5 Å². The molecule has 0 aliphatic rings. The van der Waals surface area contributed by atoms with Crippen LogP contribution in [0.3, 0.4) is 0 Å². The number of hydrogen-bond acceptors (Lipinski definition) is 7. The van der Waals surface area contributed by atoms with Crippen molar-refractivity contribution >= 4 is 27.5 Å². The quantitative estimate of drug-likeness (QED) is 0.592. The van der Waals surface area contributed by atoms with Gasteiger partial charge in [-0.05, 0) is 31.2 Å². The number of ether oxygens (including phenoxy) is 3. The molecule has 0 aliphatic carbocycles. The summed E-state index contributed by atoms with van der Waals surface area (Å²) in [5.41, 5.74) is -0.0209. The molecule has 0 unspecified atom stereocenters. The Balaban J connectivity index is 1.75. The van der Waals surface area contributed by atoms with Crippen LogP contribution in [0.1, 0.15) is 17.3 Å². The number of carbonyl (C=O) groups excluding carboxylic acids is 1. The Morgan fingerprint density at radius 2 is 1.96 bits per heavy atom. The van der Waals surface area contributed by atoms with Gasteiger partial charge in [0.25, 0.3) is 5.56 Å². The van der Waals surface area contributed by atoms with Gasteiger partial charge < -0.3 is 14.2 Å². The third kappa shape index (κ3) is 3.70. The van der Waals surface area contributed by atoms with Crippen LogP contribution in [0.15, 0.2) is 40.8 Å². The molecule has 0 atom stereocenters. The van der Waals surface area contributed by atoms with Crippen LogP contribution in [-0.2, 0) is 11.3 Å². The number of nitrogens with zero attached hydrogens (tertiary/aromatic N) is 2. The van der Waals surface area contributed by atoms with E-state index in [4.69, 9.17) is 14.2 Å². The maximum Gasteiger partial charge on any atom is 0.339 e. The predicted molar refractivity (Wildman–Crippen MR) is 98.3 cm³/mol. The van der Waals surface area contributed by atoms with E-state index < -0.39 is 5.97 Å². The van der Waals surface area contributed by atoms with Gasteiger partial charge in [-0.15, -0.1) is 11.3 Å². The van der Waals surface area contributed by atoms with Crippen molar-refractivity contribution in [2.24, 2.45) is 0 Å². The molecule has 26 heavy (non-hydrogen) atoms. The molecule has 0 saturated heterocycles. The zero-order chi connectivity index (χ0) is 18.5. The molecular weight excluding hydrogens is 356 g/mol. The molecule has 0 bridgehead atoms. The van der Waals surface area contributed by atoms with E-state index in [1.54, 1.807) is 43.7 Å². The first-order chi connectivity index (χ1) is 12.6. The number of methoxy groups -OCH3 is 1. The van der Waals surface area contributed by atoms with Gasteiger partial charge in [0.2, 0.25) is 0 Å². The molecule has 0 amide bonds. The summed E-state index contributed by atoms with van der Waals surface area (Å²) in [6.45, 7) is 2.57. The number of carbonyl (C=O) groups is 1. The zero-order valence-electron chi connectivity index (χ0n) is 14.4. The van der Waals surface area contributed by atoms with Gasteiger partial charge in [0.1, 0.15) is 22.9 Å². The Hall–Kier alpha value is -2.87. The van der Waals surface area contributed by atoms with E-state index in [1.165, 1.54) is 22.2 Å². The summed E-state index contributed by atoms with van der Waals surface area (Å²) in [4.78, 5) is 29.5. The minimum absolute atomic E-state index is 0.250. The van der Waals surface area contributed by atoms with E-state index in [1.807, 2.05) is 0 Å². The Morgan fingerprint density at radius 3 is 2.65 bits per heavy atom. The van der Waals surface area contributed by atoms with Gasteiger partial charge in [0.05, 0.1) is 37.5 Å². The van der Waals surface area contributed by atoms with Gasteiger partial charge in [0, 0.05) is 5.38 Å². The Labute approximate surface area is 153 Å². The molecule has 3 rings (SSSR count). The van der Waals surface area contributed by atoms with E-state index in [0.29, 0.717) is 22.5 Å². The van der Waals surface area contributed by atoms with Crippen LogP contribution in [0, 0.1) is 0 Å². The highest BCUT2D eigenvalue weighted by atomic mass is 32.1. The van der Waals surface area contributed by atoms with Gasteiger partial charge >= 0.3 is 5.97 Å². The van der Waals surface area contributed by atoms with Crippen molar-refractivity contribution in [1.29, 1.82) is 0 Å². The predicted octanol–water partition coefficient (Wildman–Crippen LogP) is 2.72. The minimum atomic E-state index is -0.509. The standard InChI is InChI=1S/C18H18N2O5S/c1-3-24-18(22)14-10-26-16-15(14)17(21)20(11-19-16)8-9-25-13-6-4-12(23-2)5-7-13/h4-7,10-11H,3,8-9H2,1-2H3. The summed E-state index contributed by atoms with van der Waals surface area (Å²) in [6.07, 6.45) is 1.47. The van der Waals surface area contributed by atoms with Crippen molar-refractivity contribution in [3.05, 3.63) is 51.9 Å². The second-order valence-electron chi connectivity index (χ2n) is 5.32. The molecule has 0 radical (unpaired) electrons. The highest BCUT2D eigenvalue weighted by molar-refractivity contribution is 7.17. The molecule has 136 valence electrons. The molecule has 1 aromatic carbocycles. The minimum Gasteiger partial charge on any atom is -0.497 e. The van der Waals surface area contributed by atoms with Crippen molar-refractivity contribution in [3.63, 3.8) is 0 Å². The van der Waals surface area contributed by atoms with Crippen LogP contribution in [0.5, 0.6) is 11.5 Å². The fourth-order valence-corrected chi connectivity index (χ4v) is 3.29. The molecule has 0 N–H and O–H groups in total. The van der Waals surface area contributed by atoms with Gasteiger partial charge in [-0.3, -0.25) is 9.36 Å². The summed E-state index contributed by atoms with van der Waals surface area (Å²) in [5, 5.41) is 1.90. The highest BCUT2D eigenvalue weighted by Crippen LogP contribution is 2.21. The van der Waals surface area contributed by atoms with Crippen molar-refractivity contribution in [2.45, 2.75) is 13.5 Å². The van der Waals surface area contributed by atoms with E-state index in [9.17, 15) is 9.59 Å². The Morgan fingerprint density at radius 1 is 1.23 bits per heavy atom. The monoisotopic (exact) mass is 374 g/mol. The van der Waals surface area contributed by atoms with E-state index in [0.717, 1.165) is 5.75 Å². The number of benzene rings is 1. The van der Waals surface area contributed by atoms with Crippen molar-refractivity contribution in [1.82, 2.24) is 9.55 Å². The molecule has 3 aromatic rings. The molecule has 2 aromatic heterocycles. The fourth-order valence-electron chi connectivity index (χ4n) is 2.42. The van der Waals surface area contributed by atoms with Gasteiger partial charge in [0.15, 0.2) is 0 Å². The zero-order valence-corrected chi connectivity index (χ0v) is 15.2. The second-order valence-corrected chi connectivity index (χ2v) is 6.18. The number of aromatic nitrogens is 2. The van der Waals surface area contributed by atoms with Crippen molar-refractivity contribution < 1.29 is 19.0 Å². The first kappa shape index (κ1) is 17.9.